The topological polar surface area (TPSA) is 38.3 Å². The summed E-state index contributed by atoms with van der Waals surface area (Å²) in [5, 5.41) is 3.16. The van der Waals surface area contributed by atoms with Gasteiger partial charge in [0, 0.05) is 6.04 Å². The maximum absolute atomic E-state index is 10.8. The maximum Gasteiger partial charge on any atom is 0.319 e. The highest BCUT2D eigenvalue weighted by Crippen LogP contribution is 2.11. The summed E-state index contributed by atoms with van der Waals surface area (Å²) >= 11 is 0. The molecular weight excluding hydrogens is 166 g/mol. The summed E-state index contributed by atoms with van der Waals surface area (Å²) < 4.78 is 4.55. The molecule has 0 spiro atoms. The highest BCUT2D eigenvalue weighted by atomic mass is 16.5. The van der Waals surface area contributed by atoms with Gasteiger partial charge in [-0.15, -0.1) is 0 Å². The van der Waals surface area contributed by atoms with Gasteiger partial charge in [0.25, 0.3) is 0 Å². The van der Waals surface area contributed by atoms with E-state index in [9.17, 15) is 4.79 Å². The molecule has 13 heavy (non-hydrogen) atoms. The maximum atomic E-state index is 10.8. The Morgan fingerprint density at radius 1 is 1.38 bits per heavy atom. The van der Waals surface area contributed by atoms with Gasteiger partial charge in [0.05, 0.1) is 13.7 Å². The molecule has 78 valence electrons. The molecule has 0 aromatic heterocycles. The number of carbonyl (C=O) groups excluding carboxylic acids is 1. The van der Waals surface area contributed by atoms with Crippen LogP contribution in [0.1, 0.15) is 33.6 Å². The summed E-state index contributed by atoms with van der Waals surface area (Å²) in [4.78, 5) is 10.8. The Morgan fingerprint density at radius 2 is 1.92 bits per heavy atom. The van der Waals surface area contributed by atoms with Gasteiger partial charge in [0.1, 0.15) is 0 Å². The van der Waals surface area contributed by atoms with Crippen molar-refractivity contribution in [1.82, 2.24) is 5.32 Å². The minimum atomic E-state index is -0.196. The zero-order valence-electron chi connectivity index (χ0n) is 9.09. The van der Waals surface area contributed by atoms with E-state index in [-0.39, 0.29) is 5.97 Å². The average molecular weight is 187 g/mol. The van der Waals surface area contributed by atoms with Crippen molar-refractivity contribution in [2.45, 2.75) is 39.7 Å². The van der Waals surface area contributed by atoms with Gasteiger partial charge in [-0.05, 0) is 12.8 Å². The van der Waals surface area contributed by atoms with Crippen molar-refractivity contribution in [3.63, 3.8) is 0 Å². The van der Waals surface area contributed by atoms with Gasteiger partial charge < -0.3 is 10.1 Å². The Hall–Kier alpha value is -0.570. The molecule has 0 amide bonds. The number of methoxy groups -OCH3 is 1. The molecule has 0 radical (unpaired) electrons. The highest BCUT2D eigenvalue weighted by molar-refractivity contribution is 5.71. The standard InChI is InChI=1S/C10H21NO2/c1-5-9(6-2)8(3)11-7-10(12)13-4/h8-9,11H,5-7H2,1-4H3. The molecule has 0 rings (SSSR count). The highest BCUT2D eigenvalue weighted by Gasteiger charge is 2.13. The Bertz CT molecular complexity index is 144. The molecule has 0 heterocycles. The van der Waals surface area contributed by atoms with E-state index in [1.54, 1.807) is 0 Å². The molecule has 1 unspecified atom stereocenters. The first kappa shape index (κ1) is 12.4. The van der Waals surface area contributed by atoms with Crippen LogP contribution in [0.3, 0.4) is 0 Å². The normalized spacial score (nSPS) is 13.0. The van der Waals surface area contributed by atoms with Gasteiger partial charge in [0.15, 0.2) is 0 Å². The minimum Gasteiger partial charge on any atom is -0.468 e. The van der Waals surface area contributed by atoms with Crippen LogP contribution in [-0.4, -0.2) is 25.7 Å². The SMILES string of the molecule is CCC(CC)C(C)NCC(=O)OC. The van der Waals surface area contributed by atoms with Gasteiger partial charge in [-0.3, -0.25) is 4.79 Å². The summed E-state index contributed by atoms with van der Waals surface area (Å²) in [6, 6.07) is 0.383. The van der Waals surface area contributed by atoms with Crippen molar-refractivity contribution in [1.29, 1.82) is 0 Å². The lowest BCUT2D eigenvalue weighted by Crippen LogP contribution is -2.37. The van der Waals surface area contributed by atoms with E-state index in [0.29, 0.717) is 18.5 Å². The summed E-state index contributed by atoms with van der Waals surface area (Å²) in [6.45, 7) is 6.77. The fraction of sp³-hybridized carbons (Fsp3) is 0.900. The third-order valence-corrected chi connectivity index (χ3v) is 2.55. The number of rotatable bonds is 6. The second kappa shape index (κ2) is 6.89. The molecule has 0 aliphatic rings. The molecule has 0 aromatic rings. The fourth-order valence-corrected chi connectivity index (χ4v) is 1.48. The van der Waals surface area contributed by atoms with Crippen molar-refractivity contribution < 1.29 is 9.53 Å². The largest absolute Gasteiger partial charge is 0.468 e. The number of hydrogen-bond donors (Lipinski definition) is 1. The fourth-order valence-electron chi connectivity index (χ4n) is 1.48. The van der Waals surface area contributed by atoms with Crippen LogP contribution in [0.2, 0.25) is 0 Å². The summed E-state index contributed by atoms with van der Waals surface area (Å²) in [7, 11) is 1.41. The molecule has 1 N–H and O–H groups in total. The molecule has 0 aliphatic carbocycles. The van der Waals surface area contributed by atoms with Crippen molar-refractivity contribution in [3.8, 4) is 0 Å². The average Bonchev–Trinajstić information content (AvgIpc) is 2.16. The summed E-state index contributed by atoms with van der Waals surface area (Å²) in [6.07, 6.45) is 2.29. The molecule has 3 nitrogen and oxygen atoms in total. The van der Waals surface area contributed by atoms with E-state index < -0.39 is 0 Å². The van der Waals surface area contributed by atoms with Crippen LogP contribution in [0, 0.1) is 5.92 Å². The van der Waals surface area contributed by atoms with Crippen LogP contribution in [0.25, 0.3) is 0 Å². The lowest BCUT2D eigenvalue weighted by Gasteiger charge is -2.21. The number of esters is 1. The first-order valence-electron chi connectivity index (χ1n) is 4.95. The Morgan fingerprint density at radius 3 is 2.31 bits per heavy atom. The van der Waals surface area contributed by atoms with Crippen molar-refractivity contribution in [3.05, 3.63) is 0 Å². The van der Waals surface area contributed by atoms with Crippen LogP contribution in [0.5, 0.6) is 0 Å². The molecule has 0 saturated carbocycles. The van der Waals surface area contributed by atoms with Crippen LogP contribution in [0.15, 0.2) is 0 Å². The van der Waals surface area contributed by atoms with E-state index in [1.165, 1.54) is 7.11 Å². The van der Waals surface area contributed by atoms with Gasteiger partial charge in [-0.2, -0.15) is 0 Å². The van der Waals surface area contributed by atoms with Gasteiger partial charge >= 0.3 is 5.97 Å². The quantitative estimate of drug-likeness (QED) is 0.641. The molecule has 0 aromatic carbocycles. The third-order valence-electron chi connectivity index (χ3n) is 2.55. The first-order valence-corrected chi connectivity index (χ1v) is 4.95. The Kier molecular flexibility index (Phi) is 6.59. The number of ether oxygens (including phenoxy) is 1. The predicted octanol–water partition coefficient (Wildman–Crippen LogP) is 1.57. The van der Waals surface area contributed by atoms with E-state index in [0.717, 1.165) is 12.8 Å². The molecule has 0 bridgehead atoms. The van der Waals surface area contributed by atoms with Gasteiger partial charge in [-0.25, -0.2) is 0 Å². The van der Waals surface area contributed by atoms with Crippen LogP contribution in [0.4, 0.5) is 0 Å². The van der Waals surface area contributed by atoms with Crippen molar-refractivity contribution in [2.24, 2.45) is 5.92 Å². The van der Waals surface area contributed by atoms with E-state index in [2.05, 4.69) is 30.8 Å². The van der Waals surface area contributed by atoms with Gasteiger partial charge in [0.2, 0.25) is 0 Å². The second-order valence-electron chi connectivity index (χ2n) is 3.32. The zero-order valence-corrected chi connectivity index (χ0v) is 9.09. The van der Waals surface area contributed by atoms with Crippen molar-refractivity contribution >= 4 is 5.97 Å². The van der Waals surface area contributed by atoms with Crippen LogP contribution in [-0.2, 0) is 9.53 Å². The molecule has 3 heteroatoms. The first-order chi connectivity index (χ1) is 6.15. The molecular formula is C10H21NO2. The number of hydrogen-bond acceptors (Lipinski definition) is 3. The Balaban J connectivity index is 3.71. The Labute approximate surface area is 80.8 Å². The lowest BCUT2D eigenvalue weighted by molar-refractivity contribution is -0.139. The van der Waals surface area contributed by atoms with Crippen LogP contribution < -0.4 is 5.32 Å². The van der Waals surface area contributed by atoms with E-state index >= 15 is 0 Å². The van der Waals surface area contributed by atoms with Crippen LogP contribution >= 0.6 is 0 Å². The monoisotopic (exact) mass is 187 g/mol. The van der Waals surface area contributed by atoms with E-state index in [4.69, 9.17) is 0 Å². The number of nitrogens with one attached hydrogen (secondary N) is 1. The predicted molar refractivity (Wildman–Crippen MR) is 53.6 cm³/mol. The lowest BCUT2D eigenvalue weighted by atomic mass is 9.96. The molecule has 0 saturated heterocycles. The number of carbonyl (C=O) groups is 1. The molecule has 0 aliphatic heterocycles. The van der Waals surface area contributed by atoms with Crippen molar-refractivity contribution in [2.75, 3.05) is 13.7 Å². The summed E-state index contributed by atoms with van der Waals surface area (Å²) in [5.74, 6) is 0.447. The summed E-state index contributed by atoms with van der Waals surface area (Å²) in [5.41, 5.74) is 0. The molecule has 0 fully saturated rings. The molecule has 1 atom stereocenters. The van der Waals surface area contributed by atoms with E-state index in [1.807, 2.05) is 0 Å². The smallest absolute Gasteiger partial charge is 0.319 e. The zero-order chi connectivity index (χ0) is 10.3. The second-order valence-corrected chi connectivity index (χ2v) is 3.32. The minimum absolute atomic E-state index is 0.196. The van der Waals surface area contributed by atoms with Gasteiger partial charge in [-0.1, -0.05) is 26.7 Å². The third kappa shape index (κ3) is 4.88.